The van der Waals surface area contributed by atoms with Crippen molar-refractivity contribution in [1.29, 1.82) is 0 Å². The number of fused-ring (bicyclic) bond motifs is 1. The number of carbonyl (C=O) groups excluding carboxylic acids is 1. The van der Waals surface area contributed by atoms with Gasteiger partial charge in [0.05, 0.1) is 5.75 Å². The van der Waals surface area contributed by atoms with E-state index in [1.807, 2.05) is 20.8 Å². The number of nitrogens with one attached hydrogen (secondary N) is 2. The summed E-state index contributed by atoms with van der Waals surface area (Å²) in [5, 5.41) is 3.61. The van der Waals surface area contributed by atoms with Gasteiger partial charge in [-0.1, -0.05) is 11.8 Å². The van der Waals surface area contributed by atoms with Gasteiger partial charge in [0.2, 0.25) is 5.91 Å². The number of aromatic amines is 1. The molecule has 1 amide bonds. The number of hydrogen-bond acceptors (Lipinski definition) is 4. The lowest BCUT2D eigenvalue weighted by molar-refractivity contribution is -0.119. The summed E-state index contributed by atoms with van der Waals surface area (Å²) >= 11 is 1.35. The number of carbonyl (C=O) groups is 1. The van der Waals surface area contributed by atoms with E-state index < -0.39 is 0 Å². The Balaban J connectivity index is 2.05. The van der Waals surface area contributed by atoms with Crippen molar-refractivity contribution in [2.75, 3.05) is 5.75 Å². The minimum atomic E-state index is -0.320. The number of rotatable bonds is 3. The Morgan fingerprint density at radius 3 is 2.84 bits per heavy atom. The van der Waals surface area contributed by atoms with Gasteiger partial charge in [-0.05, 0) is 40.0 Å². The Morgan fingerprint density at radius 2 is 2.16 bits per heavy atom. The van der Waals surface area contributed by atoms with Crippen molar-refractivity contribution in [1.82, 2.24) is 15.3 Å². The molecule has 1 aromatic heterocycles. The highest BCUT2D eigenvalue weighted by molar-refractivity contribution is 7.99. The Kier molecular flexibility index (Phi) is 3.99. The van der Waals surface area contributed by atoms with Gasteiger partial charge in [-0.25, -0.2) is 4.79 Å². The first kappa shape index (κ1) is 14.1. The van der Waals surface area contributed by atoms with Crippen molar-refractivity contribution in [3.05, 3.63) is 21.7 Å². The lowest BCUT2D eigenvalue weighted by Gasteiger charge is -2.20. The van der Waals surface area contributed by atoms with E-state index in [0.29, 0.717) is 10.8 Å². The zero-order chi connectivity index (χ0) is 14.0. The fraction of sp³-hybridized carbons (Fsp3) is 0.615. The molecule has 0 aliphatic heterocycles. The van der Waals surface area contributed by atoms with E-state index in [0.717, 1.165) is 30.5 Å². The molecule has 5 nitrogen and oxygen atoms in total. The maximum absolute atomic E-state index is 11.8. The van der Waals surface area contributed by atoms with Crippen molar-refractivity contribution in [3.8, 4) is 0 Å². The molecule has 0 fully saturated rings. The second-order valence-electron chi connectivity index (χ2n) is 5.74. The lowest BCUT2D eigenvalue weighted by atomic mass is 10.1. The summed E-state index contributed by atoms with van der Waals surface area (Å²) in [4.78, 5) is 30.0. The number of nitrogens with zero attached hydrogens (tertiary/aromatic N) is 1. The molecule has 104 valence electrons. The molecule has 19 heavy (non-hydrogen) atoms. The summed E-state index contributed by atoms with van der Waals surface area (Å²) < 4.78 is 0. The van der Waals surface area contributed by atoms with Gasteiger partial charge in [-0.2, -0.15) is 4.98 Å². The molecule has 1 aliphatic rings. The molecule has 0 saturated carbocycles. The quantitative estimate of drug-likeness (QED) is 0.646. The number of hydrogen-bond donors (Lipinski definition) is 2. The molecule has 6 heteroatoms. The van der Waals surface area contributed by atoms with Crippen LogP contribution in [0.1, 0.15) is 38.4 Å². The van der Waals surface area contributed by atoms with Crippen molar-refractivity contribution < 1.29 is 4.79 Å². The highest BCUT2D eigenvalue weighted by Gasteiger charge is 2.19. The highest BCUT2D eigenvalue weighted by Crippen LogP contribution is 2.27. The topological polar surface area (TPSA) is 74.8 Å². The van der Waals surface area contributed by atoms with E-state index in [4.69, 9.17) is 0 Å². The zero-order valence-electron chi connectivity index (χ0n) is 11.5. The van der Waals surface area contributed by atoms with Gasteiger partial charge in [0.15, 0.2) is 0 Å². The van der Waals surface area contributed by atoms with Gasteiger partial charge in [0.1, 0.15) is 5.03 Å². The molecule has 1 heterocycles. The maximum atomic E-state index is 11.8. The van der Waals surface area contributed by atoms with Gasteiger partial charge >= 0.3 is 5.69 Å². The van der Waals surface area contributed by atoms with Crippen LogP contribution in [0, 0.1) is 0 Å². The third kappa shape index (κ3) is 3.83. The average molecular weight is 281 g/mol. The molecule has 0 unspecified atom stereocenters. The van der Waals surface area contributed by atoms with Crippen LogP contribution in [0.2, 0.25) is 0 Å². The molecular weight excluding hydrogens is 262 g/mol. The van der Waals surface area contributed by atoms with Crippen LogP contribution in [0.5, 0.6) is 0 Å². The van der Waals surface area contributed by atoms with Gasteiger partial charge in [0.25, 0.3) is 0 Å². The van der Waals surface area contributed by atoms with E-state index in [2.05, 4.69) is 15.3 Å². The fourth-order valence-corrected chi connectivity index (χ4v) is 3.03. The molecule has 2 N–H and O–H groups in total. The first-order valence-corrected chi connectivity index (χ1v) is 7.39. The molecule has 1 aromatic rings. The number of amides is 1. The molecule has 0 saturated heterocycles. The smallest absolute Gasteiger partial charge is 0.346 e. The first-order valence-electron chi connectivity index (χ1n) is 6.41. The summed E-state index contributed by atoms with van der Waals surface area (Å²) in [6, 6.07) is 0. The maximum Gasteiger partial charge on any atom is 0.346 e. The summed E-state index contributed by atoms with van der Waals surface area (Å²) in [7, 11) is 0. The molecule has 0 radical (unpaired) electrons. The second-order valence-corrected chi connectivity index (χ2v) is 6.71. The largest absolute Gasteiger partial charge is 0.351 e. The van der Waals surface area contributed by atoms with Gasteiger partial charge in [-0.15, -0.1) is 0 Å². The zero-order valence-corrected chi connectivity index (χ0v) is 12.3. The standard InChI is InChI=1S/C13H19N3O2S/c1-13(2,3)16-10(17)7-19-11-8-5-4-6-9(8)14-12(18)15-11/h4-7H2,1-3H3,(H,16,17)(H,14,15,18). The van der Waals surface area contributed by atoms with Crippen molar-refractivity contribution in [2.45, 2.75) is 50.6 Å². The van der Waals surface area contributed by atoms with Crippen LogP contribution in [-0.4, -0.2) is 27.2 Å². The van der Waals surface area contributed by atoms with Gasteiger partial charge < -0.3 is 10.3 Å². The normalized spacial score (nSPS) is 14.3. The van der Waals surface area contributed by atoms with Crippen molar-refractivity contribution in [3.63, 3.8) is 0 Å². The highest BCUT2D eigenvalue weighted by atomic mass is 32.2. The van der Waals surface area contributed by atoms with Crippen LogP contribution in [0.15, 0.2) is 9.82 Å². The Hall–Kier alpha value is -1.30. The molecule has 0 bridgehead atoms. The van der Waals surface area contributed by atoms with Crippen molar-refractivity contribution >= 4 is 17.7 Å². The lowest BCUT2D eigenvalue weighted by Crippen LogP contribution is -2.41. The van der Waals surface area contributed by atoms with E-state index in [9.17, 15) is 9.59 Å². The molecule has 0 aromatic carbocycles. The third-order valence-corrected chi connectivity index (χ3v) is 3.81. The molecule has 0 atom stereocenters. The molecule has 1 aliphatic carbocycles. The minimum absolute atomic E-state index is 0.0358. The minimum Gasteiger partial charge on any atom is -0.351 e. The fourth-order valence-electron chi connectivity index (χ4n) is 2.14. The summed E-state index contributed by atoms with van der Waals surface area (Å²) in [6.45, 7) is 5.83. The number of aryl methyl sites for hydroxylation is 1. The van der Waals surface area contributed by atoms with Crippen LogP contribution in [-0.2, 0) is 17.6 Å². The second kappa shape index (κ2) is 5.36. The molecular formula is C13H19N3O2S. The Labute approximate surface area is 116 Å². The first-order chi connectivity index (χ1) is 8.85. The number of H-pyrrole nitrogens is 1. The number of aromatic nitrogens is 2. The summed E-state index contributed by atoms with van der Waals surface area (Å²) in [5.41, 5.74) is 1.53. The van der Waals surface area contributed by atoms with Crippen molar-refractivity contribution in [2.24, 2.45) is 0 Å². The molecule has 2 rings (SSSR count). The van der Waals surface area contributed by atoms with E-state index in [1.54, 1.807) is 0 Å². The van der Waals surface area contributed by atoms with Crippen LogP contribution in [0.25, 0.3) is 0 Å². The van der Waals surface area contributed by atoms with E-state index in [1.165, 1.54) is 11.8 Å². The number of thioether (sulfide) groups is 1. The van der Waals surface area contributed by atoms with Crippen LogP contribution in [0.3, 0.4) is 0 Å². The Bertz CT molecular complexity index is 546. The monoisotopic (exact) mass is 281 g/mol. The third-order valence-electron chi connectivity index (χ3n) is 2.79. The summed E-state index contributed by atoms with van der Waals surface area (Å²) in [5.74, 6) is 0.256. The van der Waals surface area contributed by atoms with E-state index in [-0.39, 0.29) is 17.1 Å². The van der Waals surface area contributed by atoms with Gasteiger partial charge in [0, 0.05) is 16.8 Å². The molecule has 0 spiro atoms. The predicted molar refractivity (Wildman–Crippen MR) is 75.5 cm³/mol. The van der Waals surface area contributed by atoms with E-state index >= 15 is 0 Å². The average Bonchev–Trinajstić information content (AvgIpc) is 2.71. The SMILES string of the molecule is CC(C)(C)NC(=O)CSc1nc(=O)[nH]c2c1CCC2. The van der Waals surface area contributed by atoms with Crippen LogP contribution >= 0.6 is 11.8 Å². The van der Waals surface area contributed by atoms with Gasteiger partial charge in [-0.3, -0.25) is 4.79 Å². The van der Waals surface area contributed by atoms with Crippen LogP contribution in [0.4, 0.5) is 0 Å². The summed E-state index contributed by atoms with van der Waals surface area (Å²) in [6.07, 6.45) is 2.87. The predicted octanol–water partition coefficient (Wildman–Crippen LogP) is 1.27. The Morgan fingerprint density at radius 1 is 1.42 bits per heavy atom. The van der Waals surface area contributed by atoms with Crippen LogP contribution < -0.4 is 11.0 Å².